The lowest BCUT2D eigenvalue weighted by Gasteiger charge is -2.12. The maximum Gasteiger partial charge on any atom is 0.164 e. The zero-order valence-electron chi connectivity index (χ0n) is 9.38. The fraction of sp³-hybridized carbons (Fsp3) is 0. The van der Waals surface area contributed by atoms with E-state index in [1.807, 2.05) is 0 Å². The van der Waals surface area contributed by atoms with Gasteiger partial charge in [0.15, 0.2) is 5.75 Å². The third-order valence-electron chi connectivity index (χ3n) is 2.30. The number of para-hydroxylation sites is 1. The van der Waals surface area contributed by atoms with Crippen molar-refractivity contribution in [1.82, 2.24) is 0 Å². The molecular formula is C12H8Cl4N2O. The van der Waals surface area contributed by atoms with Crippen molar-refractivity contribution in [3.63, 3.8) is 0 Å². The largest absolute Gasteiger partial charge is 0.454 e. The smallest absolute Gasteiger partial charge is 0.164 e. The minimum absolute atomic E-state index is 0.327. The van der Waals surface area contributed by atoms with Crippen LogP contribution in [0.15, 0.2) is 30.3 Å². The number of hydrogen-bond donors (Lipinski definition) is 2. The lowest BCUT2D eigenvalue weighted by atomic mass is 10.3. The maximum absolute atomic E-state index is 6.01. The molecule has 0 atom stereocenters. The van der Waals surface area contributed by atoms with Crippen LogP contribution >= 0.6 is 46.4 Å². The third kappa shape index (κ3) is 3.19. The van der Waals surface area contributed by atoms with Crippen molar-refractivity contribution < 1.29 is 4.74 Å². The minimum atomic E-state index is 0.327. The summed E-state index contributed by atoms with van der Waals surface area (Å²) in [6, 6.07) is 8.17. The maximum atomic E-state index is 6.01. The lowest BCUT2D eigenvalue weighted by Crippen LogP contribution is -2.07. The summed E-state index contributed by atoms with van der Waals surface area (Å²) in [4.78, 5) is 0. The van der Waals surface area contributed by atoms with E-state index >= 15 is 0 Å². The number of halogens is 4. The zero-order valence-corrected chi connectivity index (χ0v) is 12.4. The molecule has 0 saturated carbocycles. The van der Waals surface area contributed by atoms with E-state index in [2.05, 4.69) is 5.43 Å². The van der Waals surface area contributed by atoms with Crippen molar-refractivity contribution in [2.24, 2.45) is 5.84 Å². The van der Waals surface area contributed by atoms with E-state index in [0.29, 0.717) is 37.3 Å². The molecule has 0 aliphatic heterocycles. The Balaban J connectivity index is 2.39. The van der Waals surface area contributed by atoms with E-state index in [9.17, 15) is 0 Å². The number of ether oxygens (including phenoxy) is 1. The molecule has 0 aliphatic carbocycles. The molecule has 0 radical (unpaired) electrons. The zero-order chi connectivity index (χ0) is 14.0. The summed E-state index contributed by atoms with van der Waals surface area (Å²) in [5, 5.41) is 1.43. The van der Waals surface area contributed by atoms with Gasteiger partial charge in [0.1, 0.15) is 5.75 Å². The molecule has 0 unspecified atom stereocenters. The van der Waals surface area contributed by atoms with Crippen molar-refractivity contribution in [1.29, 1.82) is 0 Å². The summed E-state index contributed by atoms with van der Waals surface area (Å²) in [5.74, 6) is 6.05. The molecule has 0 spiro atoms. The van der Waals surface area contributed by atoms with Gasteiger partial charge in [0.05, 0.1) is 25.8 Å². The Morgan fingerprint density at radius 3 is 1.89 bits per heavy atom. The quantitative estimate of drug-likeness (QED) is 0.584. The van der Waals surface area contributed by atoms with E-state index in [1.165, 1.54) is 0 Å². The second kappa shape index (κ2) is 6.07. The van der Waals surface area contributed by atoms with E-state index in [-0.39, 0.29) is 0 Å². The Hall–Kier alpha value is -0.840. The van der Waals surface area contributed by atoms with Gasteiger partial charge in [-0.3, -0.25) is 5.84 Å². The molecule has 0 bridgehead atoms. The molecule has 2 aromatic carbocycles. The number of benzene rings is 2. The molecule has 0 fully saturated rings. The molecule has 0 aromatic heterocycles. The number of hydrogen-bond acceptors (Lipinski definition) is 3. The second-order valence-electron chi connectivity index (χ2n) is 3.56. The van der Waals surface area contributed by atoms with Crippen molar-refractivity contribution in [2.45, 2.75) is 0 Å². The van der Waals surface area contributed by atoms with E-state index in [0.717, 1.165) is 0 Å². The van der Waals surface area contributed by atoms with E-state index in [4.69, 9.17) is 57.0 Å². The molecule has 19 heavy (non-hydrogen) atoms. The first-order valence-corrected chi connectivity index (χ1v) is 6.61. The average molecular weight is 338 g/mol. The van der Waals surface area contributed by atoms with Gasteiger partial charge in [-0.2, -0.15) is 0 Å². The molecule has 0 saturated heterocycles. The van der Waals surface area contributed by atoms with Gasteiger partial charge in [-0.25, -0.2) is 0 Å². The first-order chi connectivity index (χ1) is 9.02. The molecule has 2 rings (SSSR count). The number of hydrazine groups is 1. The monoisotopic (exact) mass is 336 g/mol. The molecule has 0 amide bonds. The molecule has 3 nitrogen and oxygen atoms in total. The SMILES string of the molecule is NNc1c(Cl)cc(Oc2c(Cl)cccc2Cl)cc1Cl. The van der Waals surface area contributed by atoms with Crippen LogP contribution in [0.2, 0.25) is 20.1 Å². The Bertz CT molecular complexity index is 575. The molecular weight excluding hydrogens is 330 g/mol. The van der Waals surface area contributed by atoms with Gasteiger partial charge in [-0.05, 0) is 12.1 Å². The first kappa shape index (κ1) is 14.6. The second-order valence-corrected chi connectivity index (χ2v) is 5.19. The molecule has 2 aromatic rings. The molecule has 7 heteroatoms. The van der Waals surface area contributed by atoms with Crippen LogP contribution in [-0.2, 0) is 0 Å². The molecule has 0 heterocycles. The van der Waals surface area contributed by atoms with Gasteiger partial charge >= 0.3 is 0 Å². The number of anilines is 1. The van der Waals surface area contributed by atoms with Crippen LogP contribution in [0.1, 0.15) is 0 Å². The Morgan fingerprint density at radius 1 is 0.895 bits per heavy atom. The van der Waals surface area contributed by atoms with Gasteiger partial charge < -0.3 is 10.2 Å². The summed E-state index contributed by atoms with van der Waals surface area (Å²) >= 11 is 24.0. The van der Waals surface area contributed by atoms with E-state index in [1.54, 1.807) is 30.3 Å². The summed E-state index contributed by atoms with van der Waals surface area (Å²) in [5.41, 5.74) is 2.82. The van der Waals surface area contributed by atoms with Crippen molar-refractivity contribution in [3.8, 4) is 11.5 Å². The Morgan fingerprint density at radius 2 is 1.42 bits per heavy atom. The number of nitrogens with one attached hydrogen (secondary N) is 1. The van der Waals surface area contributed by atoms with Gasteiger partial charge in [-0.1, -0.05) is 52.5 Å². The topological polar surface area (TPSA) is 47.3 Å². The predicted octanol–water partition coefficient (Wildman–Crippen LogP) is 5.38. The van der Waals surface area contributed by atoms with Gasteiger partial charge in [0.2, 0.25) is 0 Å². The van der Waals surface area contributed by atoms with Crippen LogP contribution in [0.3, 0.4) is 0 Å². The Kier molecular flexibility index (Phi) is 4.66. The van der Waals surface area contributed by atoms with Crippen LogP contribution in [0, 0.1) is 0 Å². The highest BCUT2D eigenvalue weighted by molar-refractivity contribution is 6.39. The van der Waals surface area contributed by atoms with Gasteiger partial charge in [-0.15, -0.1) is 0 Å². The molecule has 3 N–H and O–H groups in total. The Labute approximate surface area is 130 Å². The normalized spacial score (nSPS) is 10.4. The van der Waals surface area contributed by atoms with Crippen LogP contribution in [0.5, 0.6) is 11.5 Å². The standard InChI is InChI=1S/C12H8Cl4N2O/c13-7-2-1-3-8(14)12(7)19-6-4-9(15)11(18-17)10(16)5-6/h1-5,18H,17H2. The number of rotatable bonds is 3. The third-order valence-corrected chi connectivity index (χ3v) is 3.49. The lowest BCUT2D eigenvalue weighted by molar-refractivity contribution is 0.483. The highest BCUT2D eigenvalue weighted by Crippen LogP contribution is 2.40. The van der Waals surface area contributed by atoms with Crippen LogP contribution < -0.4 is 16.0 Å². The van der Waals surface area contributed by atoms with Crippen LogP contribution in [-0.4, -0.2) is 0 Å². The van der Waals surface area contributed by atoms with Crippen molar-refractivity contribution in [2.75, 3.05) is 5.43 Å². The minimum Gasteiger partial charge on any atom is -0.454 e. The van der Waals surface area contributed by atoms with Crippen LogP contribution in [0.4, 0.5) is 5.69 Å². The van der Waals surface area contributed by atoms with Crippen molar-refractivity contribution >= 4 is 52.1 Å². The van der Waals surface area contributed by atoms with Gasteiger partial charge in [0, 0.05) is 12.1 Å². The number of nitrogen functional groups attached to an aromatic ring is 1. The van der Waals surface area contributed by atoms with Gasteiger partial charge in [0.25, 0.3) is 0 Å². The van der Waals surface area contributed by atoms with E-state index < -0.39 is 0 Å². The molecule has 0 aliphatic rings. The first-order valence-electron chi connectivity index (χ1n) is 5.10. The summed E-state index contributed by atoms with van der Waals surface area (Å²) in [6.07, 6.45) is 0. The number of nitrogens with two attached hydrogens (primary N) is 1. The summed E-state index contributed by atoms with van der Waals surface area (Å²) in [6.45, 7) is 0. The van der Waals surface area contributed by atoms with Crippen LogP contribution in [0.25, 0.3) is 0 Å². The van der Waals surface area contributed by atoms with Crippen molar-refractivity contribution in [3.05, 3.63) is 50.4 Å². The fourth-order valence-electron chi connectivity index (χ4n) is 1.44. The molecule has 100 valence electrons. The average Bonchev–Trinajstić information content (AvgIpc) is 2.34. The summed E-state index contributed by atoms with van der Waals surface area (Å²) in [7, 11) is 0. The fourth-order valence-corrected chi connectivity index (χ4v) is 2.50. The highest BCUT2D eigenvalue weighted by atomic mass is 35.5. The summed E-state index contributed by atoms with van der Waals surface area (Å²) < 4.78 is 5.60. The highest BCUT2D eigenvalue weighted by Gasteiger charge is 2.12. The predicted molar refractivity (Wildman–Crippen MR) is 80.8 cm³/mol.